The SMILES string of the molecule is N=C(N)c1ccc(NC(=O)CC(=O)O)cc1.O=C(O)C(F)(F)F. The second-order valence-electron chi connectivity index (χ2n) is 3.91. The molecule has 0 heterocycles. The number of alkyl halides is 3. The van der Waals surface area contributed by atoms with E-state index in [1.807, 2.05) is 0 Å². The molecule has 1 rings (SSSR count). The van der Waals surface area contributed by atoms with Crippen molar-refractivity contribution in [3.05, 3.63) is 29.8 Å². The van der Waals surface area contributed by atoms with Gasteiger partial charge in [0.2, 0.25) is 5.91 Å². The van der Waals surface area contributed by atoms with Gasteiger partial charge in [0.05, 0.1) is 0 Å². The molecular weight excluding hydrogens is 323 g/mol. The first-order valence-electron chi connectivity index (χ1n) is 5.69. The van der Waals surface area contributed by atoms with Gasteiger partial charge in [-0.05, 0) is 24.3 Å². The Bertz CT molecular complexity index is 599. The summed E-state index contributed by atoms with van der Waals surface area (Å²) in [6.45, 7) is 0. The lowest BCUT2D eigenvalue weighted by molar-refractivity contribution is -0.192. The van der Waals surface area contributed by atoms with Crippen LogP contribution in [0.1, 0.15) is 12.0 Å². The molecule has 1 amide bonds. The van der Waals surface area contributed by atoms with Crippen LogP contribution in [0.15, 0.2) is 24.3 Å². The lowest BCUT2D eigenvalue weighted by Gasteiger charge is -2.04. The number of hydrogen-bond acceptors (Lipinski definition) is 4. The van der Waals surface area contributed by atoms with Crippen LogP contribution in [0.5, 0.6) is 0 Å². The fourth-order valence-corrected chi connectivity index (χ4v) is 1.08. The van der Waals surface area contributed by atoms with E-state index in [-0.39, 0.29) is 5.84 Å². The number of carboxylic acids is 2. The van der Waals surface area contributed by atoms with Crippen molar-refractivity contribution in [1.29, 1.82) is 5.41 Å². The summed E-state index contributed by atoms with van der Waals surface area (Å²) in [5.41, 5.74) is 6.26. The highest BCUT2D eigenvalue weighted by Gasteiger charge is 2.38. The lowest BCUT2D eigenvalue weighted by Crippen LogP contribution is -2.21. The van der Waals surface area contributed by atoms with Crippen molar-refractivity contribution < 1.29 is 37.8 Å². The van der Waals surface area contributed by atoms with Crippen molar-refractivity contribution in [1.82, 2.24) is 0 Å². The summed E-state index contributed by atoms with van der Waals surface area (Å²) < 4.78 is 31.7. The Labute approximate surface area is 127 Å². The van der Waals surface area contributed by atoms with Gasteiger partial charge in [0, 0.05) is 11.3 Å². The first kappa shape index (κ1) is 19.9. The molecule has 0 bridgehead atoms. The first-order valence-corrected chi connectivity index (χ1v) is 5.69. The predicted octanol–water partition coefficient (Wildman–Crippen LogP) is 1.02. The van der Waals surface area contributed by atoms with Crippen LogP contribution in [0.4, 0.5) is 18.9 Å². The molecule has 0 aliphatic heterocycles. The highest BCUT2D eigenvalue weighted by atomic mass is 19.4. The quantitative estimate of drug-likeness (QED) is 0.314. The third-order valence-corrected chi connectivity index (χ3v) is 2.03. The second kappa shape index (κ2) is 8.36. The Balaban J connectivity index is 0.000000585. The summed E-state index contributed by atoms with van der Waals surface area (Å²) >= 11 is 0. The first-order chi connectivity index (χ1) is 10.4. The molecule has 23 heavy (non-hydrogen) atoms. The summed E-state index contributed by atoms with van der Waals surface area (Å²) in [4.78, 5) is 30.2. The summed E-state index contributed by atoms with van der Waals surface area (Å²) in [7, 11) is 0. The van der Waals surface area contributed by atoms with Gasteiger partial charge in [0.15, 0.2) is 0 Å². The molecule has 11 heteroatoms. The number of rotatable bonds is 4. The number of amidine groups is 1. The van der Waals surface area contributed by atoms with Crippen molar-refractivity contribution in [2.45, 2.75) is 12.6 Å². The van der Waals surface area contributed by atoms with Gasteiger partial charge in [-0.1, -0.05) is 0 Å². The van der Waals surface area contributed by atoms with E-state index in [1.165, 1.54) is 0 Å². The molecule has 0 saturated heterocycles. The zero-order valence-electron chi connectivity index (χ0n) is 11.3. The van der Waals surface area contributed by atoms with E-state index in [9.17, 15) is 22.8 Å². The van der Waals surface area contributed by atoms with Crippen molar-refractivity contribution in [3.8, 4) is 0 Å². The van der Waals surface area contributed by atoms with E-state index >= 15 is 0 Å². The maximum Gasteiger partial charge on any atom is 0.490 e. The van der Waals surface area contributed by atoms with Crippen molar-refractivity contribution in [2.24, 2.45) is 5.73 Å². The third-order valence-electron chi connectivity index (χ3n) is 2.03. The minimum Gasteiger partial charge on any atom is -0.481 e. The van der Waals surface area contributed by atoms with Gasteiger partial charge in [0.1, 0.15) is 12.3 Å². The fourth-order valence-electron chi connectivity index (χ4n) is 1.08. The average Bonchev–Trinajstić information content (AvgIpc) is 2.37. The maximum absolute atomic E-state index is 11.1. The Hall–Kier alpha value is -3.11. The van der Waals surface area contributed by atoms with Crippen LogP contribution in [0.2, 0.25) is 0 Å². The highest BCUT2D eigenvalue weighted by Crippen LogP contribution is 2.13. The molecule has 0 saturated carbocycles. The van der Waals surface area contributed by atoms with Crippen molar-refractivity contribution >= 4 is 29.4 Å². The van der Waals surface area contributed by atoms with Crippen LogP contribution in [-0.2, 0) is 14.4 Å². The number of anilines is 1. The van der Waals surface area contributed by atoms with Crippen LogP contribution < -0.4 is 11.1 Å². The molecule has 0 unspecified atom stereocenters. The molecule has 0 radical (unpaired) electrons. The van der Waals surface area contributed by atoms with Crippen LogP contribution in [-0.4, -0.2) is 40.1 Å². The number of amides is 1. The van der Waals surface area contributed by atoms with E-state index in [4.69, 9.17) is 26.2 Å². The number of nitrogens with one attached hydrogen (secondary N) is 2. The summed E-state index contributed by atoms with van der Waals surface area (Å²) in [6.07, 6.45) is -5.66. The van der Waals surface area contributed by atoms with E-state index in [0.717, 1.165) is 0 Å². The van der Waals surface area contributed by atoms with Crippen molar-refractivity contribution in [3.63, 3.8) is 0 Å². The maximum atomic E-state index is 11.1. The molecule has 1 aromatic rings. The molecule has 0 atom stereocenters. The van der Waals surface area contributed by atoms with Crippen LogP contribution in [0, 0.1) is 5.41 Å². The van der Waals surface area contributed by atoms with Gasteiger partial charge in [0.25, 0.3) is 0 Å². The largest absolute Gasteiger partial charge is 0.490 e. The number of nitrogens with two attached hydrogens (primary N) is 1. The van der Waals surface area contributed by atoms with E-state index in [2.05, 4.69) is 5.32 Å². The summed E-state index contributed by atoms with van der Waals surface area (Å²) in [5, 5.41) is 25.1. The highest BCUT2D eigenvalue weighted by molar-refractivity contribution is 6.01. The number of hydrogen-bond donors (Lipinski definition) is 5. The summed E-state index contributed by atoms with van der Waals surface area (Å²) in [6, 6.07) is 6.24. The number of carboxylic acid groups (broad SMARTS) is 2. The molecule has 6 N–H and O–H groups in total. The molecule has 0 aliphatic rings. The standard InChI is InChI=1S/C10H11N3O3.C2HF3O2/c11-10(12)6-1-3-7(4-2-6)13-8(14)5-9(15)16;3-2(4,5)1(6)7/h1-4H,5H2,(H3,11,12)(H,13,14)(H,15,16);(H,6,7). The molecule has 1 aromatic carbocycles. The second-order valence-corrected chi connectivity index (χ2v) is 3.91. The van der Waals surface area contributed by atoms with Gasteiger partial charge in [-0.25, -0.2) is 4.79 Å². The molecule has 0 fully saturated rings. The zero-order chi connectivity index (χ0) is 18.2. The van der Waals surface area contributed by atoms with Crippen molar-refractivity contribution in [2.75, 3.05) is 5.32 Å². The topological polar surface area (TPSA) is 154 Å². The smallest absolute Gasteiger partial charge is 0.481 e. The molecule has 0 aromatic heterocycles. The van der Waals surface area contributed by atoms with Gasteiger partial charge in [-0.2, -0.15) is 13.2 Å². The van der Waals surface area contributed by atoms with Crippen LogP contribution in [0.3, 0.4) is 0 Å². The molecule has 0 spiro atoms. The van der Waals surface area contributed by atoms with Gasteiger partial charge < -0.3 is 21.3 Å². The van der Waals surface area contributed by atoms with Gasteiger partial charge in [-0.3, -0.25) is 15.0 Å². The normalized spacial score (nSPS) is 10.0. The molecule has 8 nitrogen and oxygen atoms in total. The molecule has 0 aliphatic carbocycles. The number of carbonyl (C=O) groups excluding carboxylic acids is 1. The van der Waals surface area contributed by atoms with Gasteiger partial charge in [-0.15, -0.1) is 0 Å². The number of halogens is 3. The average molecular weight is 335 g/mol. The van der Waals surface area contributed by atoms with Crippen LogP contribution >= 0.6 is 0 Å². The number of nitrogen functional groups attached to an aromatic ring is 1. The zero-order valence-corrected chi connectivity index (χ0v) is 11.3. The molecular formula is C12H12F3N3O5. The Morgan fingerprint density at radius 2 is 1.57 bits per heavy atom. The van der Waals surface area contributed by atoms with E-state index in [0.29, 0.717) is 11.3 Å². The van der Waals surface area contributed by atoms with E-state index < -0.39 is 30.4 Å². The Morgan fingerprint density at radius 1 is 1.13 bits per heavy atom. The minimum atomic E-state index is -5.08. The number of aliphatic carboxylic acids is 2. The minimum absolute atomic E-state index is 0.0663. The van der Waals surface area contributed by atoms with Crippen LogP contribution in [0.25, 0.3) is 0 Å². The fraction of sp³-hybridized carbons (Fsp3) is 0.167. The Kier molecular flexibility index (Phi) is 7.23. The third kappa shape index (κ3) is 8.70. The molecule has 126 valence electrons. The Morgan fingerprint density at radius 3 is 1.87 bits per heavy atom. The summed E-state index contributed by atoms with van der Waals surface area (Å²) in [5.74, 6) is -4.60. The van der Waals surface area contributed by atoms with Gasteiger partial charge >= 0.3 is 18.1 Å². The number of carbonyl (C=O) groups is 3. The predicted molar refractivity (Wildman–Crippen MR) is 72.0 cm³/mol. The van der Waals surface area contributed by atoms with E-state index in [1.54, 1.807) is 24.3 Å². The monoisotopic (exact) mass is 335 g/mol. The number of benzene rings is 1. The lowest BCUT2D eigenvalue weighted by atomic mass is 10.2.